The van der Waals surface area contributed by atoms with E-state index in [-0.39, 0.29) is 11.9 Å². The van der Waals surface area contributed by atoms with Crippen LogP contribution in [-0.2, 0) is 4.79 Å². The van der Waals surface area contributed by atoms with E-state index >= 15 is 0 Å². The van der Waals surface area contributed by atoms with Gasteiger partial charge in [0.15, 0.2) is 0 Å². The van der Waals surface area contributed by atoms with Crippen LogP contribution in [-0.4, -0.2) is 64.3 Å². The first-order chi connectivity index (χ1) is 20.2. The number of nitrogens with two attached hydrogens (primary N) is 2. The molecule has 1 amide bonds. The number of unbranched alkanes of at least 4 members (excludes halogenated alkanes) is 17. The predicted molar refractivity (Wildman–Crippen MR) is 181 cm³/mol. The van der Waals surface area contributed by atoms with Crippen molar-refractivity contribution < 1.29 is 4.79 Å². The maximum absolute atomic E-state index is 12.2. The third-order valence-electron chi connectivity index (χ3n) is 8.01. The average molecular weight is 583 g/mol. The summed E-state index contributed by atoms with van der Waals surface area (Å²) in [6.07, 6.45) is 29.8. The molecular formula is C34H74N6O. The van der Waals surface area contributed by atoms with E-state index in [2.05, 4.69) is 28.2 Å². The number of nitrogens with one attached hydrogen (secondary N) is 4. The van der Waals surface area contributed by atoms with Gasteiger partial charge in [0, 0.05) is 6.54 Å². The highest BCUT2D eigenvalue weighted by Gasteiger charge is 2.11. The first-order valence-corrected chi connectivity index (χ1v) is 18.1. The second-order valence-electron chi connectivity index (χ2n) is 12.1. The zero-order valence-electron chi connectivity index (χ0n) is 27.6. The van der Waals surface area contributed by atoms with E-state index in [0.29, 0.717) is 6.54 Å². The summed E-state index contributed by atoms with van der Waals surface area (Å²) in [6, 6.07) is -0.380. The molecule has 7 heteroatoms. The third kappa shape index (κ3) is 33.6. The lowest BCUT2D eigenvalue weighted by atomic mass is 10.0. The quantitative estimate of drug-likeness (QED) is 0.0499. The fourth-order valence-corrected chi connectivity index (χ4v) is 5.20. The molecule has 0 heterocycles. The summed E-state index contributed by atoms with van der Waals surface area (Å²) < 4.78 is 0. The Morgan fingerprint density at radius 2 is 0.854 bits per heavy atom. The van der Waals surface area contributed by atoms with Gasteiger partial charge in [-0.2, -0.15) is 0 Å². The Morgan fingerprint density at radius 1 is 0.488 bits per heavy atom. The molecule has 0 aromatic heterocycles. The van der Waals surface area contributed by atoms with E-state index in [4.69, 9.17) is 11.5 Å². The highest BCUT2D eigenvalue weighted by atomic mass is 16.2. The van der Waals surface area contributed by atoms with Crippen LogP contribution in [0.25, 0.3) is 0 Å². The lowest BCUT2D eigenvalue weighted by Gasteiger charge is -2.12. The Morgan fingerprint density at radius 3 is 1.32 bits per heavy atom. The second kappa shape index (κ2) is 35.5. The number of amides is 1. The normalized spacial score (nSPS) is 12.2. The van der Waals surface area contributed by atoms with Crippen LogP contribution in [0.1, 0.15) is 155 Å². The van der Waals surface area contributed by atoms with E-state index < -0.39 is 0 Å². The minimum atomic E-state index is -0.380. The molecule has 41 heavy (non-hydrogen) atoms. The molecule has 8 N–H and O–H groups in total. The number of carbonyl (C=O) groups excluding carboxylic acids is 1. The molecule has 0 rings (SSSR count). The van der Waals surface area contributed by atoms with Crippen molar-refractivity contribution in [3.8, 4) is 0 Å². The predicted octanol–water partition coefficient (Wildman–Crippen LogP) is 6.15. The van der Waals surface area contributed by atoms with E-state index in [1.54, 1.807) is 0 Å². The van der Waals surface area contributed by atoms with Gasteiger partial charge < -0.3 is 32.7 Å². The van der Waals surface area contributed by atoms with Gasteiger partial charge in [0.2, 0.25) is 5.91 Å². The highest BCUT2D eigenvalue weighted by Crippen LogP contribution is 2.13. The summed E-state index contributed by atoms with van der Waals surface area (Å²) in [7, 11) is 0. The summed E-state index contributed by atoms with van der Waals surface area (Å²) in [5.41, 5.74) is 11.6. The topological polar surface area (TPSA) is 117 Å². The first-order valence-electron chi connectivity index (χ1n) is 18.1. The SMILES string of the molecule is CCCCCCCCCCCCCCCCCCNCCCC[C@H](N)C(=O)NCCCNCCCCNCCCN. The summed E-state index contributed by atoms with van der Waals surface area (Å²) >= 11 is 0. The average Bonchev–Trinajstić information content (AvgIpc) is 2.98. The van der Waals surface area contributed by atoms with Gasteiger partial charge in [0.1, 0.15) is 0 Å². The first kappa shape index (κ1) is 40.3. The van der Waals surface area contributed by atoms with Crippen LogP contribution >= 0.6 is 0 Å². The van der Waals surface area contributed by atoms with E-state index in [0.717, 1.165) is 77.9 Å². The maximum Gasteiger partial charge on any atom is 0.236 e. The molecule has 0 fully saturated rings. The van der Waals surface area contributed by atoms with Crippen molar-refractivity contribution in [2.24, 2.45) is 11.5 Å². The van der Waals surface area contributed by atoms with Gasteiger partial charge >= 0.3 is 0 Å². The molecule has 0 bridgehead atoms. The van der Waals surface area contributed by atoms with Crippen molar-refractivity contribution in [2.45, 2.75) is 161 Å². The minimum absolute atomic E-state index is 0.00493. The highest BCUT2D eigenvalue weighted by molar-refractivity contribution is 5.81. The number of hydrogen-bond acceptors (Lipinski definition) is 6. The monoisotopic (exact) mass is 583 g/mol. The lowest BCUT2D eigenvalue weighted by molar-refractivity contribution is -0.122. The molecule has 0 unspecified atom stereocenters. The van der Waals surface area contributed by atoms with Gasteiger partial charge in [-0.25, -0.2) is 0 Å². The third-order valence-corrected chi connectivity index (χ3v) is 8.01. The summed E-state index contributed by atoms with van der Waals surface area (Å²) in [4.78, 5) is 12.2. The zero-order valence-corrected chi connectivity index (χ0v) is 27.6. The molecule has 0 spiro atoms. The molecule has 1 atom stereocenters. The lowest BCUT2D eigenvalue weighted by Crippen LogP contribution is -2.41. The number of carbonyl (C=O) groups is 1. The minimum Gasteiger partial charge on any atom is -0.355 e. The molecule has 0 radical (unpaired) electrons. The Balaban J connectivity index is 3.24. The van der Waals surface area contributed by atoms with Gasteiger partial charge in [-0.1, -0.05) is 110 Å². The maximum atomic E-state index is 12.2. The second-order valence-corrected chi connectivity index (χ2v) is 12.1. The molecule has 0 aliphatic rings. The summed E-state index contributed by atoms with van der Waals surface area (Å²) in [5.74, 6) is -0.00493. The van der Waals surface area contributed by atoms with Crippen molar-refractivity contribution in [3.05, 3.63) is 0 Å². The summed E-state index contributed by atoms with van der Waals surface area (Å²) in [5, 5.41) is 13.4. The Labute approximate surface area is 256 Å². The molecule has 0 aliphatic carbocycles. The van der Waals surface area contributed by atoms with Gasteiger partial charge in [-0.05, 0) is 90.8 Å². The van der Waals surface area contributed by atoms with Gasteiger partial charge in [0.05, 0.1) is 6.04 Å². The molecule has 0 saturated heterocycles. The van der Waals surface area contributed by atoms with E-state index in [1.165, 1.54) is 116 Å². The van der Waals surface area contributed by atoms with Crippen LogP contribution in [0.4, 0.5) is 0 Å². The Hall–Kier alpha value is -0.730. The Bertz CT molecular complexity index is 508. The van der Waals surface area contributed by atoms with Gasteiger partial charge in [-0.3, -0.25) is 4.79 Å². The van der Waals surface area contributed by atoms with Gasteiger partial charge in [0.25, 0.3) is 0 Å². The Kier molecular flexibility index (Phi) is 34.8. The van der Waals surface area contributed by atoms with Crippen LogP contribution in [0.2, 0.25) is 0 Å². The molecule has 7 nitrogen and oxygen atoms in total. The molecule has 0 saturated carbocycles. The summed E-state index contributed by atoms with van der Waals surface area (Å²) in [6.45, 7) is 9.93. The van der Waals surface area contributed by atoms with Crippen LogP contribution in [0.15, 0.2) is 0 Å². The zero-order chi connectivity index (χ0) is 29.9. The fourth-order valence-electron chi connectivity index (χ4n) is 5.20. The van der Waals surface area contributed by atoms with Crippen molar-refractivity contribution in [1.82, 2.24) is 21.3 Å². The molecule has 0 aromatic carbocycles. The number of hydrogen-bond donors (Lipinski definition) is 6. The molecular weight excluding hydrogens is 508 g/mol. The molecule has 0 aromatic rings. The van der Waals surface area contributed by atoms with E-state index in [9.17, 15) is 4.79 Å². The van der Waals surface area contributed by atoms with Crippen molar-refractivity contribution in [1.29, 1.82) is 0 Å². The smallest absolute Gasteiger partial charge is 0.236 e. The largest absolute Gasteiger partial charge is 0.355 e. The van der Waals surface area contributed by atoms with Crippen molar-refractivity contribution >= 4 is 5.91 Å². The van der Waals surface area contributed by atoms with Crippen LogP contribution in [0.3, 0.4) is 0 Å². The molecule has 246 valence electrons. The van der Waals surface area contributed by atoms with Crippen LogP contribution < -0.4 is 32.7 Å². The fraction of sp³-hybridized carbons (Fsp3) is 0.971. The molecule has 0 aliphatic heterocycles. The van der Waals surface area contributed by atoms with E-state index in [1.807, 2.05) is 0 Å². The standard InChI is InChI=1S/C34H74N6O/c1-2-3-4-5-6-7-8-9-10-11-12-13-14-15-16-18-26-37-27-19-17-24-33(36)34(41)40-32-23-31-39-29-21-20-28-38-30-22-25-35/h33,37-39H,2-32,35-36H2,1H3,(H,40,41)/t33-/m0/s1. The number of rotatable bonds is 35. The van der Waals surface area contributed by atoms with Gasteiger partial charge in [-0.15, -0.1) is 0 Å². The van der Waals surface area contributed by atoms with Crippen LogP contribution in [0, 0.1) is 0 Å². The van der Waals surface area contributed by atoms with Crippen molar-refractivity contribution in [3.63, 3.8) is 0 Å². The van der Waals surface area contributed by atoms with Crippen LogP contribution in [0.5, 0.6) is 0 Å². The van der Waals surface area contributed by atoms with Crippen molar-refractivity contribution in [2.75, 3.05) is 52.4 Å².